The maximum Gasteiger partial charge on any atom is 0.166 e. The Morgan fingerprint density at radius 3 is 2.92 bits per heavy atom. The number of nitrogens with zero attached hydrogens (tertiary/aromatic N) is 2. The van der Waals surface area contributed by atoms with Crippen molar-refractivity contribution in [3.8, 4) is 0 Å². The van der Waals surface area contributed by atoms with Crippen molar-refractivity contribution in [3.63, 3.8) is 0 Å². The summed E-state index contributed by atoms with van der Waals surface area (Å²) >= 11 is 0. The fraction of sp³-hybridized carbons (Fsp3) is 0.286. The number of carbonyl (C=O) groups is 2. The van der Waals surface area contributed by atoms with Gasteiger partial charge in [-0.15, -0.1) is 0 Å². The van der Waals surface area contributed by atoms with Crippen LogP contribution in [0, 0.1) is 0 Å². The minimum Gasteiger partial charge on any atom is -0.446 e. The minimum atomic E-state index is -0.382. The summed E-state index contributed by atoms with van der Waals surface area (Å²) in [6, 6.07) is 0. The molecule has 0 atom stereocenters. The molecule has 0 fully saturated rings. The molecule has 0 saturated heterocycles. The Hall–Kier alpha value is -0.346. The molecule has 4 nitrogen and oxygen atoms in total. The number of Topliss-reactive ketones (excluding diaryl/α,β-unsaturated/α-hetero) is 1. The van der Waals surface area contributed by atoms with Gasteiger partial charge in [0.2, 0.25) is 0 Å². The molecule has 0 aromatic heterocycles. The summed E-state index contributed by atoms with van der Waals surface area (Å²) in [5.41, 5.74) is 0.588. The van der Waals surface area contributed by atoms with E-state index < -0.39 is 0 Å². The molecule has 0 saturated carbocycles. The van der Waals surface area contributed by atoms with Crippen molar-refractivity contribution in [2.24, 2.45) is 4.99 Å². The van der Waals surface area contributed by atoms with Crippen molar-refractivity contribution in [2.75, 3.05) is 0 Å². The summed E-state index contributed by atoms with van der Waals surface area (Å²) in [5.74, 6) is -0.184. The van der Waals surface area contributed by atoms with E-state index in [0.717, 1.165) is 0 Å². The minimum absolute atomic E-state index is 0. The average Bonchev–Trinajstić information content (AvgIpc) is 2.34. The van der Waals surface area contributed by atoms with Crippen LogP contribution in [0.1, 0.15) is 12.8 Å². The molecule has 0 unspecified atom stereocenters. The van der Waals surface area contributed by atoms with Crippen molar-refractivity contribution in [1.29, 1.82) is 0 Å². The zero-order valence-electron chi connectivity index (χ0n) is 6.28. The normalized spacial score (nSPS) is 20.3. The third-order valence-electron chi connectivity index (χ3n) is 1.66. The van der Waals surface area contributed by atoms with Gasteiger partial charge < -0.3 is 10.3 Å². The van der Waals surface area contributed by atoms with Crippen LogP contribution in [-0.4, -0.2) is 17.9 Å². The molecule has 5 heteroatoms. The molecule has 2 heterocycles. The fourth-order valence-corrected chi connectivity index (χ4v) is 1.13. The number of rotatable bonds is 0. The molecule has 0 bridgehead atoms. The largest absolute Gasteiger partial charge is 0.446 e. The quantitative estimate of drug-likeness (QED) is 0.578. The van der Waals surface area contributed by atoms with Crippen molar-refractivity contribution >= 4 is 17.9 Å². The first-order chi connectivity index (χ1) is 5.27. The van der Waals surface area contributed by atoms with Gasteiger partial charge in [-0.25, -0.2) is 0 Å². The second kappa shape index (κ2) is 3.58. The number of hydrogen-bond donors (Lipinski definition) is 0. The van der Waals surface area contributed by atoms with Gasteiger partial charge in [-0.05, 0) is 17.8 Å². The number of aliphatic imine (C=N–C) groups is 1. The SMILES string of the molecule is O=C1CC(=O)C2=C(N=CC2)[N-]1.[Y]. The zero-order valence-corrected chi connectivity index (χ0v) is 9.12. The smallest absolute Gasteiger partial charge is 0.166 e. The molecule has 2 rings (SSSR count). The van der Waals surface area contributed by atoms with Gasteiger partial charge in [0, 0.05) is 32.7 Å². The van der Waals surface area contributed by atoms with Crippen LogP contribution in [0.15, 0.2) is 16.4 Å². The number of hydrogen-bond acceptors (Lipinski definition) is 3. The van der Waals surface area contributed by atoms with E-state index in [1.165, 1.54) is 0 Å². The van der Waals surface area contributed by atoms with E-state index in [0.29, 0.717) is 17.8 Å². The first kappa shape index (κ1) is 9.74. The first-order valence-electron chi connectivity index (χ1n) is 3.31. The van der Waals surface area contributed by atoms with Gasteiger partial charge in [-0.3, -0.25) is 9.59 Å². The molecule has 0 spiro atoms. The Bertz CT molecular complexity index is 307. The molecule has 0 aromatic rings. The summed E-state index contributed by atoms with van der Waals surface area (Å²) in [7, 11) is 0. The monoisotopic (exact) mass is 238 g/mol. The van der Waals surface area contributed by atoms with Crippen LogP contribution < -0.4 is 0 Å². The maximum absolute atomic E-state index is 11.1. The summed E-state index contributed by atoms with van der Waals surface area (Å²) in [5, 5.41) is 3.62. The van der Waals surface area contributed by atoms with Gasteiger partial charge in [0.05, 0.1) is 6.42 Å². The van der Waals surface area contributed by atoms with Gasteiger partial charge in [0.15, 0.2) is 11.7 Å². The first-order valence-corrected chi connectivity index (χ1v) is 3.31. The predicted molar refractivity (Wildman–Crippen MR) is 38.1 cm³/mol. The molecule has 59 valence electrons. The summed E-state index contributed by atoms with van der Waals surface area (Å²) < 4.78 is 0. The van der Waals surface area contributed by atoms with Gasteiger partial charge in [-0.1, -0.05) is 6.21 Å². The Morgan fingerprint density at radius 2 is 2.17 bits per heavy atom. The summed E-state index contributed by atoms with van der Waals surface area (Å²) in [6.07, 6.45) is 2.05. The van der Waals surface area contributed by atoms with Crippen LogP contribution in [0.5, 0.6) is 0 Å². The molecule has 1 amide bonds. The van der Waals surface area contributed by atoms with E-state index in [1.807, 2.05) is 0 Å². The molecular weight excluding hydrogens is 233 g/mol. The molecule has 2 aliphatic rings. The van der Waals surface area contributed by atoms with Gasteiger partial charge in [0.25, 0.3) is 0 Å². The topological polar surface area (TPSA) is 60.6 Å². The van der Waals surface area contributed by atoms with E-state index in [9.17, 15) is 9.59 Å². The van der Waals surface area contributed by atoms with Crippen molar-refractivity contribution in [2.45, 2.75) is 12.8 Å². The number of amides is 1. The van der Waals surface area contributed by atoms with Gasteiger partial charge in [-0.2, -0.15) is 0 Å². The number of allylic oxidation sites excluding steroid dienone is 1. The summed E-state index contributed by atoms with van der Waals surface area (Å²) in [6.45, 7) is 0. The van der Waals surface area contributed by atoms with Crippen LogP contribution in [0.25, 0.3) is 5.32 Å². The van der Waals surface area contributed by atoms with Gasteiger partial charge >= 0.3 is 0 Å². The van der Waals surface area contributed by atoms with Crippen molar-refractivity contribution < 1.29 is 42.3 Å². The number of carbonyl (C=O) groups excluding carboxylic acids is 2. The zero-order chi connectivity index (χ0) is 7.84. The summed E-state index contributed by atoms with van der Waals surface area (Å²) in [4.78, 5) is 25.6. The van der Waals surface area contributed by atoms with E-state index in [2.05, 4.69) is 10.3 Å². The maximum atomic E-state index is 11.1. The third kappa shape index (κ3) is 1.54. The Kier molecular flexibility index (Phi) is 2.91. The van der Waals surface area contributed by atoms with Crippen LogP contribution in [0.4, 0.5) is 0 Å². The molecule has 0 aromatic carbocycles. The van der Waals surface area contributed by atoms with Crippen LogP contribution >= 0.6 is 0 Å². The Morgan fingerprint density at radius 1 is 1.42 bits per heavy atom. The fourth-order valence-electron chi connectivity index (χ4n) is 1.13. The van der Waals surface area contributed by atoms with E-state index >= 15 is 0 Å². The van der Waals surface area contributed by atoms with Gasteiger partial charge in [0.1, 0.15) is 0 Å². The van der Waals surface area contributed by atoms with E-state index in [1.54, 1.807) is 6.21 Å². The molecule has 1 radical (unpaired) electrons. The Balaban J connectivity index is 0.000000720. The standard InChI is InChI=1S/C7H6N2O2.Y/c10-5-3-6(11)9-7-4(5)1-2-8-7;/h2H,1,3H2,(H,9,10,11);/p-1. The second-order valence-electron chi connectivity index (χ2n) is 2.42. The third-order valence-corrected chi connectivity index (χ3v) is 1.66. The van der Waals surface area contributed by atoms with Crippen LogP contribution in [0.2, 0.25) is 0 Å². The van der Waals surface area contributed by atoms with Crippen molar-refractivity contribution in [1.82, 2.24) is 0 Å². The van der Waals surface area contributed by atoms with E-state index in [4.69, 9.17) is 0 Å². The van der Waals surface area contributed by atoms with Crippen LogP contribution in [-0.2, 0) is 42.3 Å². The van der Waals surface area contributed by atoms with Crippen molar-refractivity contribution in [3.05, 3.63) is 16.7 Å². The average molecular weight is 238 g/mol. The number of ketones is 1. The molecule has 0 aliphatic carbocycles. The Labute approximate surface area is 94.4 Å². The molecule has 0 N–H and O–H groups in total. The predicted octanol–water partition coefficient (Wildman–Crippen LogP) is 0.543. The molecule has 12 heavy (non-hydrogen) atoms. The van der Waals surface area contributed by atoms with E-state index in [-0.39, 0.29) is 50.8 Å². The molecule has 2 aliphatic heterocycles. The second-order valence-corrected chi connectivity index (χ2v) is 2.42. The van der Waals surface area contributed by atoms with Crippen LogP contribution in [0.3, 0.4) is 0 Å². The molecular formula is C7H5N2O2Y-.